The van der Waals surface area contributed by atoms with Gasteiger partial charge in [-0.15, -0.1) is 0 Å². The normalized spacial score (nSPS) is 14.6. The Morgan fingerprint density at radius 2 is 0.533 bits per heavy atom. The minimum Gasteiger partial charge on any atom is -0.462 e. The van der Waals surface area contributed by atoms with E-state index in [0.717, 1.165) is 114 Å². The molecule has 0 aliphatic heterocycles. The Morgan fingerprint density at radius 1 is 0.311 bits per heavy atom. The maximum atomic E-state index is 13.0. The van der Waals surface area contributed by atoms with Crippen molar-refractivity contribution in [2.75, 3.05) is 39.6 Å². The SMILES string of the molecule is CCC(C)CCCCCCCCC(=O)O[C@H](COC(=O)CCCCCCCCCCC(C)C)COP(=O)(O)OCC(O)COP(=O)(O)OC[C@@H](COC(=O)CCCCCCCCCCCCCCCC(C)C)OC(=O)CCCCCCCCCCCCC(C)C. The van der Waals surface area contributed by atoms with Crippen LogP contribution in [0.15, 0.2) is 0 Å². The first kappa shape index (κ1) is 88.1. The van der Waals surface area contributed by atoms with Crippen molar-refractivity contribution in [3.63, 3.8) is 0 Å². The van der Waals surface area contributed by atoms with Gasteiger partial charge in [0.05, 0.1) is 26.4 Å². The van der Waals surface area contributed by atoms with Crippen LogP contribution in [0.5, 0.6) is 0 Å². The van der Waals surface area contributed by atoms with E-state index in [0.29, 0.717) is 25.7 Å². The van der Waals surface area contributed by atoms with Crippen LogP contribution in [0.25, 0.3) is 0 Å². The number of hydrogen-bond acceptors (Lipinski definition) is 15. The highest BCUT2D eigenvalue weighted by atomic mass is 31.2. The molecule has 19 heteroatoms. The summed E-state index contributed by atoms with van der Waals surface area (Å²) in [7, 11) is -9.90. The lowest BCUT2D eigenvalue weighted by Gasteiger charge is -2.21. The number of phosphoric ester groups is 2. The summed E-state index contributed by atoms with van der Waals surface area (Å²) in [5.74, 6) is 0.859. The second kappa shape index (κ2) is 60.7. The molecule has 0 bridgehead atoms. The lowest BCUT2D eigenvalue weighted by Crippen LogP contribution is -2.30. The third-order valence-corrected chi connectivity index (χ3v) is 18.6. The van der Waals surface area contributed by atoms with Crippen molar-refractivity contribution in [1.29, 1.82) is 0 Å². The van der Waals surface area contributed by atoms with E-state index in [4.69, 9.17) is 37.0 Å². The number of esters is 4. The maximum Gasteiger partial charge on any atom is 0.472 e. The number of aliphatic hydroxyl groups excluding tert-OH is 1. The predicted octanol–water partition coefficient (Wildman–Crippen LogP) is 20.1. The fourth-order valence-corrected chi connectivity index (χ4v) is 12.2. The summed E-state index contributed by atoms with van der Waals surface area (Å²) in [5.41, 5.74) is 0. The second-order valence-corrected chi connectivity index (χ2v) is 30.2. The number of carbonyl (C=O) groups excluding carboxylic acids is 4. The summed E-state index contributed by atoms with van der Waals surface area (Å²) in [6.07, 6.45) is 43.1. The first-order chi connectivity index (χ1) is 43.1. The van der Waals surface area contributed by atoms with Crippen LogP contribution in [0.3, 0.4) is 0 Å². The fraction of sp³-hybridized carbons (Fsp3) is 0.944. The Kier molecular flexibility index (Phi) is 59.4. The van der Waals surface area contributed by atoms with Crippen molar-refractivity contribution >= 4 is 39.5 Å². The molecule has 90 heavy (non-hydrogen) atoms. The van der Waals surface area contributed by atoms with E-state index in [1.165, 1.54) is 154 Å². The van der Waals surface area contributed by atoms with Gasteiger partial charge in [0, 0.05) is 25.7 Å². The smallest absolute Gasteiger partial charge is 0.462 e. The van der Waals surface area contributed by atoms with Crippen LogP contribution < -0.4 is 0 Å². The van der Waals surface area contributed by atoms with E-state index >= 15 is 0 Å². The van der Waals surface area contributed by atoms with Gasteiger partial charge in [0.15, 0.2) is 12.2 Å². The largest absolute Gasteiger partial charge is 0.472 e. The summed E-state index contributed by atoms with van der Waals surface area (Å²) in [4.78, 5) is 72.6. The minimum absolute atomic E-state index is 0.102. The summed E-state index contributed by atoms with van der Waals surface area (Å²) in [6, 6.07) is 0. The second-order valence-electron chi connectivity index (χ2n) is 27.3. The Hall–Kier alpha value is -1.94. The molecule has 0 aromatic rings. The van der Waals surface area contributed by atoms with E-state index in [-0.39, 0.29) is 25.7 Å². The Morgan fingerprint density at radius 3 is 0.789 bits per heavy atom. The van der Waals surface area contributed by atoms with Gasteiger partial charge < -0.3 is 33.8 Å². The molecular weight excluding hydrogens is 1190 g/mol. The molecule has 0 fully saturated rings. The van der Waals surface area contributed by atoms with E-state index in [9.17, 15) is 43.2 Å². The number of carbonyl (C=O) groups is 4. The molecule has 0 aliphatic carbocycles. The van der Waals surface area contributed by atoms with E-state index in [1.54, 1.807) is 0 Å². The van der Waals surface area contributed by atoms with Gasteiger partial charge in [0.1, 0.15) is 19.3 Å². The van der Waals surface area contributed by atoms with E-state index < -0.39 is 97.5 Å². The highest BCUT2D eigenvalue weighted by molar-refractivity contribution is 7.47. The molecule has 4 unspecified atom stereocenters. The molecule has 0 aromatic carbocycles. The maximum absolute atomic E-state index is 13.0. The molecule has 0 spiro atoms. The molecule has 0 heterocycles. The Balaban J connectivity index is 5.24. The van der Waals surface area contributed by atoms with Gasteiger partial charge in [0.25, 0.3) is 0 Å². The molecule has 0 saturated carbocycles. The van der Waals surface area contributed by atoms with Gasteiger partial charge in [-0.1, -0.05) is 299 Å². The van der Waals surface area contributed by atoms with Crippen LogP contribution in [0.2, 0.25) is 0 Å². The highest BCUT2D eigenvalue weighted by Gasteiger charge is 2.30. The van der Waals surface area contributed by atoms with Gasteiger partial charge in [-0.05, 0) is 49.4 Å². The zero-order chi connectivity index (χ0) is 66.8. The molecule has 0 saturated heterocycles. The molecule has 0 aromatic heterocycles. The van der Waals surface area contributed by atoms with Crippen LogP contribution in [0.4, 0.5) is 0 Å². The first-order valence-electron chi connectivity index (χ1n) is 36.7. The molecule has 6 atom stereocenters. The van der Waals surface area contributed by atoms with Crippen molar-refractivity contribution in [3.05, 3.63) is 0 Å². The first-order valence-corrected chi connectivity index (χ1v) is 39.7. The van der Waals surface area contributed by atoms with Gasteiger partial charge in [-0.3, -0.25) is 37.3 Å². The number of ether oxygens (including phenoxy) is 4. The van der Waals surface area contributed by atoms with Crippen molar-refractivity contribution in [3.8, 4) is 0 Å². The third-order valence-electron chi connectivity index (χ3n) is 16.7. The lowest BCUT2D eigenvalue weighted by atomic mass is 10.00. The number of phosphoric acid groups is 2. The minimum atomic E-state index is -4.95. The summed E-state index contributed by atoms with van der Waals surface area (Å²) < 4.78 is 68.3. The predicted molar refractivity (Wildman–Crippen MR) is 363 cm³/mol. The average molecular weight is 1330 g/mol. The molecular formula is C71H138O17P2. The molecule has 0 radical (unpaired) electrons. The van der Waals surface area contributed by atoms with Crippen molar-refractivity contribution in [1.82, 2.24) is 0 Å². The van der Waals surface area contributed by atoms with E-state index in [1.807, 2.05) is 0 Å². The highest BCUT2D eigenvalue weighted by Crippen LogP contribution is 2.45. The van der Waals surface area contributed by atoms with Gasteiger partial charge in [-0.2, -0.15) is 0 Å². The molecule has 3 N–H and O–H groups in total. The van der Waals surface area contributed by atoms with Crippen LogP contribution in [0, 0.1) is 23.7 Å². The van der Waals surface area contributed by atoms with Crippen molar-refractivity contribution in [2.45, 2.75) is 369 Å². The Labute approximate surface area is 549 Å². The van der Waals surface area contributed by atoms with Crippen LogP contribution in [-0.2, 0) is 65.4 Å². The molecule has 17 nitrogen and oxygen atoms in total. The molecule has 0 rings (SSSR count). The lowest BCUT2D eigenvalue weighted by molar-refractivity contribution is -0.161. The van der Waals surface area contributed by atoms with Crippen molar-refractivity contribution < 1.29 is 80.2 Å². The zero-order valence-corrected chi connectivity index (χ0v) is 60.6. The van der Waals surface area contributed by atoms with Gasteiger partial charge in [-0.25, -0.2) is 9.13 Å². The van der Waals surface area contributed by atoms with Crippen LogP contribution >= 0.6 is 15.6 Å². The number of hydrogen-bond donors (Lipinski definition) is 3. The summed E-state index contributed by atoms with van der Waals surface area (Å²) in [6.45, 7) is 14.1. The number of rotatable bonds is 68. The monoisotopic (exact) mass is 1320 g/mol. The quantitative estimate of drug-likeness (QED) is 0.0222. The fourth-order valence-electron chi connectivity index (χ4n) is 10.6. The van der Waals surface area contributed by atoms with Gasteiger partial charge >= 0.3 is 39.5 Å². The van der Waals surface area contributed by atoms with Crippen molar-refractivity contribution in [2.24, 2.45) is 23.7 Å². The molecule has 534 valence electrons. The summed E-state index contributed by atoms with van der Waals surface area (Å²) in [5, 5.41) is 10.6. The van der Waals surface area contributed by atoms with Crippen LogP contribution in [0.1, 0.15) is 351 Å². The topological polar surface area (TPSA) is 237 Å². The zero-order valence-electron chi connectivity index (χ0n) is 58.8. The third kappa shape index (κ3) is 63.5. The molecule has 0 aliphatic rings. The number of aliphatic hydroxyl groups is 1. The summed E-state index contributed by atoms with van der Waals surface area (Å²) >= 11 is 0. The Bertz CT molecular complexity index is 1780. The standard InChI is InChI=1S/C71H138O17P2/c1-9-64(8)50-42-34-29-30-38-46-54-71(76)88-67(58-82-69(74)52-44-36-27-22-21-25-33-41-49-63(6)7)60-86-90(79,80)84-56-65(72)55-83-89(77,78)85-59-66(87-70(75)53-45-37-28-20-16-15-18-24-32-40-48-62(4)5)57-81-68(73)51-43-35-26-19-14-12-10-11-13-17-23-31-39-47-61(2)3/h61-67,72H,9-60H2,1-8H3,(H,77,78)(H,79,80)/t64?,65?,66-,67-/m1/s1. The van der Waals surface area contributed by atoms with Gasteiger partial charge in [0.2, 0.25) is 0 Å². The number of unbranched alkanes of at least 4 members (excludes halogenated alkanes) is 33. The van der Waals surface area contributed by atoms with Crippen LogP contribution in [-0.4, -0.2) is 96.7 Å². The molecule has 0 amide bonds. The average Bonchev–Trinajstić information content (AvgIpc) is 3.68. The van der Waals surface area contributed by atoms with E-state index in [2.05, 4.69) is 55.4 Å².